The highest BCUT2D eigenvalue weighted by atomic mass is 35.5. The van der Waals surface area contributed by atoms with Crippen molar-refractivity contribution in [2.75, 3.05) is 18.4 Å². The van der Waals surface area contributed by atoms with Crippen molar-refractivity contribution >= 4 is 50.7 Å². The first-order valence-electron chi connectivity index (χ1n) is 10.8. The molecule has 1 aliphatic heterocycles. The van der Waals surface area contributed by atoms with Gasteiger partial charge in [-0.3, -0.25) is 14.7 Å². The number of anilines is 1. The smallest absolute Gasteiger partial charge is 0.271 e. The van der Waals surface area contributed by atoms with Crippen molar-refractivity contribution in [3.8, 4) is 6.07 Å². The van der Waals surface area contributed by atoms with E-state index in [-0.39, 0.29) is 51.0 Å². The van der Waals surface area contributed by atoms with Gasteiger partial charge in [-0.05, 0) is 49.2 Å². The average Bonchev–Trinajstić information content (AvgIpc) is 3.32. The lowest BCUT2D eigenvalue weighted by atomic mass is 10.1. The number of rotatable bonds is 6. The fourth-order valence-corrected chi connectivity index (χ4v) is 5.84. The minimum absolute atomic E-state index is 0.0409. The number of halogens is 2. The van der Waals surface area contributed by atoms with Gasteiger partial charge in [0.2, 0.25) is 10.0 Å². The third-order valence-electron chi connectivity index (χ3n) is 5.71. The van der Waals surface area contributed by atoms with E-state index in [1.165, 1.54) is 46.9 Å². The molecule has 1 fully saturated rings. The summed E-state index contributed by atoms with van der Waals surface area (Å²) in [5.41, 5.74) is 0.636. The summed E-state index contributed by atoms with van der Waals surface area (Å²) in [5, 5.41) is 21.1. The summed E-state index contributed by atoms with van der Waals surface area (Å²) >= 11 is 12.2. The zero-order valence-electron chi connectivity index (χ0n) is 18.7. The quantitative estimate of drug-likeness (QED) is 0.431. The summed E-state index contributed by atoms with van der Waals surface area (Å²) in [6, 6.07) is 12.1. The Morgan fingerprint density at radius 1 is 1.06 bits per heavy atom. The standard InChI is InChI=1S/C23H20Cl2N6O4S/c24-17-2-1-3-18(25)20(17)22(32)29-19-13-27-30-21(19)23(33)28-15-8-10-31(11-9-15)36(34,35)16-6-4-14(12-26)5-7-16/h1-7,13,15H,8-11H2,(H,27,30)(H,28,33)(H,29,32). The monoisotopic (exact) mass is 546 g/mol. The van der Waals surface area contributed by atoms with Crippen LogP contribution < -0.4 is 10.6 Å². The van der Waals surface area contributed by atoms with Crippen LogP contribution in [0, 0.1) is 11.3 Å². The van der Waals surface area contributed by atoms with Crippen LogP contribution in [0.5, 0.6) is 0 Å². The average molecular weight is 547 g/mol. The van der Waals surface area contributed by atoms with Gasteiger partial charge in [-0.25, -0.2) is 8.42 Å². The lowest BCUT2D eigenvalue weighted by molar-refractivity contribution is 0.0919. The summed E-state index contributed by atoms with van der Waals surface area (Å²) in [6.07, 6.45) is 2.09. The minimum atomic E-state index is -3.71. The van der Waals surface area contributed by atoms with E-state index in [4.69, 9.17) is 28.5 Å². The number of nitrogens with zero attached hydrogens (tertiary/aromatic N) is 3. The molecule has 0 radical (unpaired) electrons. The van der Waals surface area contributed by atoms with Crippen LogP contribution in [0.4, 0.5) is 5.69 Å². The Hall–Kier alpha value is -3.43. The summed E-state index contributed by atoms with van der Waals surface area (Å²) in [5.74, 6) is -1.09. The van der Waals surface area contributed by atoms with Crippen LogP contribution >= 0.6 is 23.2 Å². The van der Waals surface area contributed by atoms with Crippen LogP contribution in [-0.2, 0) is 10.0 Å². The maximum Gasteiger partial charge on any atom is 0.271 e. The van der Waals surface area contributed by atoms with Gasteiger partial charge in [-0.1, -0.05) is 29.3 Å². The van der Waals surface area contributed by atoms with Crippen molar-refractivity contribution in [1.82, 2.24) is 19.8 Å². The maximum absolute atomic E-state index is 12.9. The molecule has 13 heteroatoms. The number of aromatic nitrogens is 2. The first-order valence-corrected chi connectivity index (χ1v) is 13.0. The first kappa shape index (κ1) is 25.7. The number of piperidine rings is 1. The molecule has 2 aromatic carbocycles. The molecule has 0 aliphatic carbocycles. The molecule has 1 aliphatic rings. The number of nitrogens with one attached hydrogen (secondary N) is 3. The van der Waals surface area contributed by atoms with Crippen LogP contribution in [0.1, 0.15) is 39.3 Å². The SMILES string of the molecule is N#Cc1ccc(S(=O)(=O)N2CCC(NC(=O)c3[nH]ncc3NC(=O)c3c(Cl)cccc3Cl)CC2)cc1. The van der Waals surface area contributed by atoms with Crippen molar-refractivity contribution in [3.63, 3.8) is 0 Å². The second kappa shape index (κ2) is 10.7. The van der Waals surface area contributed by atoms with Crippen molar-refractivity contribution in [2.45, 2.75) is 23.8 Å². The number of aromatic amines is 1. The van der Waals surface area contributed by atoms with Crippen LogP contribution in [0.15, 0.2) is 53.6 Å². The molecule has 0 unspecified atom stereocenters. The largest absolute Gasteiger partial charge is 0.348 e. The molecule has 186 valence electrons. The van der Waals surface area contributed by atoms with Crippen molar-refractivity contribution in [1.29, 1.82) is 5.26 Å². The second-order valence-corrected chi connectivity index (χ2v) is 10.7. The third-order valence-corrected chi connectivity index (χ3v) is 8.26. The number of hydrogen-bond acceptors (Lipinski definition) is 6. The Morgan fingerprint density at radius 3 is 2.31 bits per heavy atom. The van der Waals surface area contributed by atoms with Crippen LogP contribution in [0.3, 0.4) is 0 Å². The predicted octanol–water partition coefficient (Wildman–Crippen LogP) is 3.42. The third kappa shape index (κ3) is 5.37. The molecule has 0 saturated carbocycles. The Morgan fingerprint density at radius 2 is 1.69 bits per heavy atom. The molecule has 2 heterocycles. The molecule has 10 nitrogen and oxygen atoms in total. The number of sulfonamides is 1. The molecular weight excluding hydrogens is 527 g/mol. The van der Waals surface area contributed by atoms with Gasteiger partial charge in [0.1, 0.15) is 5.69 Å². The molecule has 3 aromatic rings. The molecule has 36 heavy (non-hydrogen) atoms. The van der Waals surface area contributed by atoms with E-state index in [0.29, 0.717) is 18.4 Å². The molecule has 1 aromatic heterocycles. The molecule has 2 amide bonds. The van der Waals surface area contributed by atoms with Gasteiger partial charge in [-0.15, -0.1) is 0 Å². The van der Waals surface area contributed by atoms with Crippen LogP contribution in [0.2, 0.25) is 10.0 Å². The fraction of sp³-hybridized carbons (Fsp3) is 0.217. The molecular formula is C23H20Cl2N6O4S. The number of hydrogen-bond donors (Lipinski definition) is 3. The van der Waals surface area contributed by atoms with E-state index in [9.17, 15) is 18.0 Å². The number of H-pyrrole nitrogens is 1. The first-order chi connectivity index (χ1) is 17.2. The van der Waals surface area contributed by atoms with E-state index in [2.05, 4.69) is 20.8 Å². The molecule has 0 atom stereocenters. The summed E-state index contributed by atoms with van der Waals surface area (Å²) in [6.45, 7) is 0.426. The van der Waals surface area contributed by atoms with Gasteiger partial charge in [0, 0.05) is 19.1 Å². The Kier molecular flexibility index (Phi) is 7.61. The highest BCUT2D eigenvalue weighted by Crippen LogP contribution is 2.26. The highest BCUT2D eigenvalue weighted by Gasteiger charge is 2.31. The summed E-state index contributed by atoms with van der Waals surface area (Å²) in [4.78, 5) is 25.6. The number of nitriles is 1. The zero-order valence-corrected chi connectivity index (χ0v) is 21.0. The van der Waals surface area contributed by atoms with Gasteiger partial charge >= 0.3 is 0 Å². The van der Waals surface area contributed by atoms with Crippen LogP contribution in [-0.4, -0.2) is 53.9 Å². The van der Waals surface area contributed by atoms with E-state index in [0.717, 1.165) is 0 Å². The van der Waals surface area contributed by atoms with Gasteiger partial charge < -0.3 is 10.6 Å². The highest BCUT2D eigenvalue weighted by molar-refractivity contribution is 7.89. The maximum atomic E-state index is 12.9. The lowest BCUT2D eigenvalue weighted by Crippen LogP contribution is -2.46. The van der Waals surface area contributed by atoms with E-state index in [1.807, 2.05) is 6.07 Å². The number of benzene rings is 2. The van der Waals surface area contributed by atoms with Gasteiger partial charge in [0.05, 0.1) is 44.0 Å². The van der Waals surface area contributed by atoms with Gasteiger partial charge in [0.25, 0.3) is 11.8 Å². The normalized spacial score (nSPS) is 14.7. The number of amides is 2. The van der Waals surface area contributed by atoms with Crippen molar-refractivity contribution in [2.24, 2.45) is 0 Å². The van der Waals surface area contributed by atoms with Crippen molar-refractivity contribution in [3.05, 3.63) is 75.5 Å². The Labute approximate surface area is 217 Å². The van der Waals surface area contributed by atoms with E-state index in [1.54, 1.807) is 6.07 Å². The summed E-state index contributed by atoms with van der Waals surface area (Å²) in [7, 11) is -3.71. The minimum Gasteiger partial charge on any atom is -0.348 e. The van der Waals surface area contributed by atoms with Gasteiger partial charge in [-0.2, -0.15) is 14.7 Å². The van der Waals surface area contributed by atoms with E-state index < -0.39 is 21.8 Å². The zero-order chi connectivity index (χ0) is 25.9. The van der Waals surface area contributed by atoms with Crippen LogP contribution in [0.25, 0.3) is 0 Å². The molecule has 0 bridgehead atoms. The fourth-order valence-electron chi connectivity index (χ4n) is 3.80. The predicted molar refractivity (Wildman–Crippen MR) is 133 cm³/mol. The van der Waals surface area contributed by atoms with E-state index >= 15 is 0 Å². The Balaban J connectivity index is 1.37. The topological polar surface area (TPSA) is 148 Å². The number of carbonyl (C=O) groups is 2. The van der Waals surface area contributed by atoms with Gasteiger partial charge in [0.15, 0.2) is 0 Å². The lowest BCUT2D eigenvalue weighted by Gasteiger charge is -2.31. The molecule has 3 N–H and O–H groups in total. The molecule has 4 rings (SSSR count). The summed E-state index contributed by atoms with van der Waals surface area (Å²) < 4.78 is 27.1. The number of carbonyl (C=O) groups excluding carboxylic acids is 2. The van der Waals surface area contributed by atoms with Crippen molar-refractivity contribution < 1.29 is 18.0 Å². The molecule has 1 saturated heterocycles. The Bertz CT molecular complexity index is 1420. The second-order valence-electron chi connectivity index (χ2n) is 8.00. The molecule has 0 spiro atoms.